The van der Waals surface area contributed by atoms with Gasteiger partial charge in [0, 0.05) is 13.6 Å². The number of fused-ring (bicyclic) bond motifs is 1. The van der Waals surface area contributed by atoms with Crippen LogP contribution in [0.4, 0.5) is 5.69 Å². The maximum absolute atomic E-state index is 12.7. The lowest BCUT2D eigenvalue weighted by atomic mass is 10.2. The first-order chi connectivity index (χ1) is 11.4. The van der Waals surface area contributed by atoms with Gasteiger partial charge in [-0.2, -0.15) is 4.31 Å². The third kappa shape index (κ3) is 3.13. The Morgan fingerprint density at radius 3 is 2.58 bits per heavy atom. The Labute approximate surface area is 141 Å². The summed E-state index contributed by atoms with van der Waals surface area (Å²) in [5.41, 5.74) is 1.26. The van der Waals surface area contributed by atoms with Crippen LogP contribution in [-0.4, -0.2) is 31.8 Å². The van der Waals surface area contributed by atoms with E-state index in [2.05, 4.69) is 5.32 Å². The number of sulfonamides is 1. The number of anilines is 1. The van der Waals surface area contributed by atoms with Gasteiger partial charge in [0.05, 0.1) is 10.6 Å². The van der Waals surface area contributed by atoms with Gasteiger partial charge in [-0.1, -0.05) is 30.3 Å². The van der Waals surface area contributed by atoms with Crippen molar-refractivity contribution in [2.75, 3.05) is 12.4 Å². The highest BCUT2D eigenvalue weighted by Gasteiger charge is 2.27. The summed E-state index contributed by atoms with van der Waals surface area (Å²) in [6, 6.07) is 13.8. The van der Waals surface area contributed by atoms with Gasteiger partial charge in [0.1, 0.15) is 5.75 Å². The monoisotopic (exact) mass is 346 g/mol. The van der Waals surface area contributed by atoms with Gasteiger partial charge in [-0.05, 0) is 30.7 Å². The van der Waals surface area contributed by atoms with Crippen LogP contribution in [0, 0.1) is 0 Å². The lowest BCUT2D eigenvalue weighted by Gasteiger charge is -2.24. The molecule has 1 amide bonds. The molecule has 0 saturated carbocycles. The first-order valence-electron chi connectivity index (χ1n) is 7.50. The molecule has 6 nitrogen and oxygen atoms in total. The molecule has 1 unspecified atom stereocenters. The number of carbonyl (C=O) groups is 1. The first-order valence-corrected chi connectivity index (χ1v) is 8.94. The largest absolute Gasteiger partial charge is 0.479 e. The van der Waals surface area contributed by atoms with E-state index >= 15 is 0 Å². The van der Waals surface area contributed by atoms with E-state index in [0.717, 1.165) is 5.56 Å². The molecule has 3 rings (SSSR count). The molecular weight excluding hydrogens is 328 g/mol. The van der Waals surface area contributed by atoms with Crippen LogP contribution in [0.5, 0.6) is 5.75 Å². The summed E-state index contributed by atoms with van der Waals surface area (Å²) in [6.07, 6.45) is -0.597. The van der Waals surface area contributed by atoms with E-state index in [1.54, 1.807) is 13.0 Å². The number of nitrogens with zero attached hydrogens (tertiary/aromatic N) is 1. The Balaban J connectivity index is 1.87. The Morgan fingerprint density at radius 1 is 1.17 bits per heavy atom. The zero-order valence-electron chi connectivity index (χ0n) is 13.4. The molecular formula is C17H18N2O4S. The molecule has 0 radical (unpaired) electrons. The summed E-state index contributed by atoms with van der Waals surface area (Å²) in [7, 11) is -2.15. The van der Waals surface area contributed by atoms with Crippen molar-refractivity contribution in [1.29, 1.82) is 0 Å². The Morgan fingerprint density at radius 2 is 1.88 bits per heavy atom. The van der Waals surface area contributed by atoms with Crippen LogP contribution in [-0.2, 0) is 21.4 Å². The number of ether oxygens (including phenoxy) is 1. The van der Waals surface area contributed by atoms with E-state index in [0.29, 0.717) is 11.4 Å². The van der Waals surface area contributed by atoms with Crippen molar-refractivity contribution < 1.29 is 17.9 Å². The number of rotatable bonds is 4. The molecule has 0 fully saturated rings. The van der Waals surface area contributed by atoms with Crippen LogP contribution in [0.1, 0.15) is 12.5 Å². The molecule has 126 valence electrons. The molecule has 7 heteroatoms. The number of carbonyl (C=O) groups excluding carboxylic acids is 1. The van der Waals surface area contributed by atoms with Gasteiger partial charge >= 0.3 is 0 Å². The molecule has 0 bridgehead atoms. The van der Waals surface area contributed by atoms with Gasteiger partial charge in [0.15, 0.2) is 6.10 Å². The van der Waals surface area contributed by atoms with Crippen LogP contribution < -0.4 is 10.1 Å². The van der Waals surface area contributed by atoms with Crippen LogP contribution >= 0.6 is 0 Å². The lowest BCUT2D eigenvalue weighted by molar-refractivity contribution is -0.122. The fourth-order valence-corrected chi connectivity index (χ4v) is 3.64. The maximum atomic E-state index is 12.7. The molecule has 1 aliphatic heterocycles. The smallest absolute Gasteiger partial charge is 0.265 e. The van der Waals surface area contributed by atoms with Crippen molar-refractivity contribution in [2.24, 2.45) is 0 Å². The van der Waals surface area contributed by atoms with Crippen LogP contribution in [0.15, 0.2) is 53.4 Å². The molecule has 0 saturated heterocycles. The molecule has 24 heavy (non-hydrogen) atoms. The average molecular weight is 346 g/mol. The molecule has 2 aromatic carbocycles. The van der Waals surface area contributed by atoms with Gasteiger partial charge in [-0.25, -0.2) is 8.42 Å². The van der Waals surface area contributed by atoms with Gasteiger partial charge in [0.25, 0.3) is 5.91 Å². The average Bonchev–Trinajstić information content (AvgIpc) is 2.56. The minimum absolute atomic E-state index is 0.109. The van der Waals surface area contributed by atoms with E-state index in [-0.39, 0.29) is 17.3 Å². The summed E-state index contributed by atoms with van der Waals surface area (Å²) in [6.45, 7) is 1.90. The highest BCUT2D eigenvalue weighted by molar-refractivity contribution is 7.89. The normalized spacial score (nSPS) is 17.1. The molecule has 2 aromatic rings. The fraction of sp³-hybridized carbons (Fsp3) is 0.235. The Hall–Kier alpha value is -2.38. The maximum Gasteiger partial charge on any atom is 0.265 e. The topological polar surface area (TPSA) is 75.7 Å². The zero-order valence-corrected chi connectivity index (χ0v) is 14.2. The SMILES string of the molecule is CC1Oc2ccc(S(=O)(=O)N(C)Cc3ccccc3)cc2NC1=O. The highest BCUT2D eigenvalue weighted by atomic mass is 32.2. The predicted molar refractivity (Wildman–Crippen MR) is 90.3 cm³/mol. The summed E-state index contributed by atoms with van der Waals surface area (Å²) < 4.78 is 32.2. The van der Waals surface area contributed by atoms with Crippen LogP contribution in [0.2, 0.25) is 0 Å². The fourth-order valence-electron chi connectivity index (χ4n) is 2.45. The van der Waals surface area contributed by atoms with Gasteiger partial charge in [-0.3, -0.25) is 4.79 Å². The van der Waals surface area contributed by atoms with Gasteiger partial charge < -0.3 is 10.1 Å². The molecule has 1 atom stereocenters. The van der Waals surface area contributed by atoms with E-state index in [1.807, 2.05) is 30.3 Å². The molecule has 0 spiro atoms. The quantitative estimate of drug-likeness (QED) is 0.921. The third-order valence-electron chi connectivity index (χ3n) is 3.84. The standard InChI is InChI=1S/C17H18N2O4S/c1-12-17(20)18-15-10-14(8-9-16(15)23-12)24(21,22)19(2)11-13-6-4-3-5-7-13/h3-10,12H,11H2,1-2H3,(H,18,20). The van der Waals surface area contributed by atoms with Crippen molar-refractivity contribution in [2.45, 2.75) is 24.5 Å². The highest BCUT2D eigenvalue weighted by Crippen LogP contribution is 2.32. The Kier molecular flexibility index (Phi) is 4.29. The second kappa shape index (κ2) is 6.26. The van der Waals surface area contributed by atoms with Gasteiger partial charge in [-0.15, -0.1) is 0 Å². The number of benzene rings is 2. The van der Waals surface area contributed by atoms with Crippen molar-refractivity contribution >= 4 is 21.6 Å². The van der Waals surface area contributed by atoms with Crippen molar-refractivity contribution in [3.05, 3.63) is 54.1 Å². The minimum Gasteiger partial charge on any atom is -0.479 e. The van der Waals surface area contributed by atoms with Crippen molar-refractivity contribution in [3.63, 3.8) is 0 Å². The Bertz CT molecular complexity index is 865. The van der Waals surface area contributed by atoms with Crippen LogP contribution in [0.25, 0.3) is 0 Å². The van der Waals surface area contributed by atoms with Gasteiger partial charge in [0.2, 0.25) is 10.0 Å². The molecule has 1 aliphatic rings. The summed E-state index contributed by atoms with van der Waals surface area (Å²) in [5.74, 6) is 0.168. The predicted octanol–water partition coefficient (Wildman–Crippen LogP) is 2.23. The van der Waals surface area contributed by atoms with E-state index in [9.17, 15) is 13.2 Å². The van der Waals surface area contributed by atoms with Crippen molar-refractivity contribution in [1.82, 2.24) is 4.31 Å². The van der Waals surface area contributed by atoms with E-state index < -0.39 is 16.1 Å². The van der Waals surface area contributed by atoms with Crippen LogP contribution in [0.3, 0.4) is 0 Å². The summed E-state index contributed by atoms with van der Waals surface area (Å²) in [4.78, 5) is 11.8. The first kappa shape index (κ1) is 16.5. The number of hydrogen-bond acceptors (Lipinski definition) is 4. The second-order valence-electron chi connectivity index (χ2n) is 5.65. The number of hydrogen-bond donors (Lipinski definition) is 1. The third-order valence-corrected chi connectivity index (χ3v) is 5.64. The zero-order chi connectivity index (χ0) is 17.3. The minimum atomic E-state index is -3.68. The number of nitrogens with one attached hydrogen (secondary N) is 1. The molecule has 1 heterocycles. The second-order valence-corrected chi connectivity index (χ2v) is 7.70. The lowest BCUT2D eigenvalue weighted by Crippen LogP contribution is -2.34. The summed E-state index contributed by atoms with van der Waals surface area (Å²) >= 11 is 0. The number of amides is 1. The summed E-state index contributed by atoms with van der Waals surface area (Å²) in [5, 5.41) is 2.66. The van der Waals surface area contributed by atoms with Crippen molar-refractivity contribution in [3.8, 4) is 5.75 Å². The molecule has 1 N–H and O–H groups in total. The molecule has 0 aromatic heterocycles. The van der Waals surface area contributed by atoms with E-state index in [1.165, 1.54) is 23.5 Å². The van der Waals surface area contributed by atoms with E-state index in [4.69, 9.17) is 4.74 Å². The molecule has 0 aliphatic carbocycles.